The summed E-state index contributed by atoms with van der Waals surface area (Å²) in [5, 5.41) is 0.693. The van der Waals surface area contributed by atoms with Crippen molar-refractivity contribution in [3.8, 4) is 0 Å². The van der Waals surface area contributed by atoms with Gasteiger partial charge >= 0.3 is 0 Å². The highest BCUT2D eigenvalue weighted by atomic mass is 32.2. The van der Waals surface area contributed by atoms with E-state index in [0.29, 0.717) is 37.2 Å². The Balaban J connectivity index is 1.66. The molecule has 4 nitrogen and oxygen atoms in total. The minimum Gasteiger partial charge on any atom is -0.342 e. The molecule has 1 saturated heterocycles. The Labute approximate surface area is 113 Å². The fourth-order valence-corrected chi connectivity index (χ4v) is 3.82. The van der Waals surface area contributed by atoms with Crippen LogP contribution in [0.4, 0.5) is 0 Å². The summed E-state index contributed by atoms with van der Waals surface area (Å²) in [4.78, 5) is 26.3. The van der Waals surface area contributed by atoms with Gasteiger partial charge in [0.05, 0.1) is 5.75 Å². The third-order valence-electron chi connectivity index (χ3n) is 3.81. The normalized spacial score (nSPS) is 22.0. The molecule has 1 aliphatic carbocycles. The van der Waals surface area contributed by atoms with Crippen LogP contribution in [0.1, 0.15) is 32.1 Å². The molecule has 0 atom stereocenters. The Morgan fingerprint density at radius 1 is 1.11 bits per heavy atom. The second-order valence-corrected chi connectivity index (χ2v) is 6.38. The Bertz CT molecular complexity index is 285. The quantitative estimate of drug-likeness (QED) is 0.724. The van der Waals surface area contributed by atoms with E-state index < -0.39 is 0 Å². The molecule has 18 heavy (non-hydrogen) atoms. The van der Waals surface area contributed by atoms with E-state index in [1.807, 2.05) is 16.7 Å². The maximum atomic E-state index is 12.0. The van der Waals surface area contributed by atoms with E-state index in [0.717, 1.165) is 6.41 Å². The Morgan fingerprint density at radius 3 is 2.39 bits per heavy atom. The fourth-order valence-electron chi connectivity index (χ4n) is 2.59. The topological polar surface area (TPSA) is 40.6 Å². The number of hydrogen-bond donors (Lipinski definition) is 0. The maximum absolute atomic E-state index is 12.0. The molecule has 1 aliphatic heterocycles. The fraction of sp³-hybridized carbons (Fsp3) is 0.846. The first-order valence-electron chi connectivity index (χ1n) is 6.88. The third-order valence-corrected chi connectivity index (χ3v) is 5.17. The molecule has 0 unspecified atom stereocenters. The molecule has 0 spiro atoms. The number of amides is 2. The summed E-state index contributed by atoms with van der Waals surface area (Å²) in [6.07, 6.45) is 7.43. The number of rotatable bonds is 4. The molecule has 102 valence electrons. The van der Waals surface area contributed by atoms with E-state index in [4.69, 9.17) is 0 Å². The van der Waals surface area contributed by atoms with Gasteiger partial charge in [-0.2, -0.15) is 0 Å². The van der Waals surface area contributed by atoms with Crippen molar-refractivity contribution < 1.29 is 9.59 Å². The summed E-state index contributed by atoms with van der Waals surface area (Å²) in [5.74, 6) is 0.863. The molecule has 2 fully saturated rings. The lowest BCUT2D eigenvalue weighted by molar-refractivity contribution is -0.132. The zero-order valence-corrected chi connectivity index (χ0v) is 11.7. The summed E-state index contributed by atoms with van der Waals surface area (Å²) < 4.78 is 0. The first-order valence-corrected chi connectivity index (χ1v) is 7.93. The average molecular weight is 270 g/mol. The van der Waals surface area contributed by atoms with Gasteiger partial charge in [0.25, 0.3) is 0 Å². The first kappa shape index (κ1) is 13.7. The van der Waals surface area contributed by atoms with Crippen molar-refractivity contribution in [2.24, 2.45) is 0 Å². The van der Waals surface area contributed by atoms with Gasteiger partial charge < -0.3 is 9.80 Å². The van der Waals surface area contributed by atoms with E-state index in [9.17, 15) is 9.59 Å². The minimum absolute atomic E-state index is 0.246. The monoisotopic (exact) mass is 270 g/mol. The largest absolute Gasteiger partial charge is 0.342 e. The summed E-state index contributed by atoms with van der Waals surface area (Å²) >= 11 is 1.83. The molecular weight excluding hydrogens is 248 g/mol. The number of hydrogen-bond acceptors (Lipinski definition) is 3. The van der Waals surface area contributed by atoms with Crippen LogP contribution in [0.3, 0.4) is 0 Å². The number of thioether (sulfide) groups is 1. The molecule has 0 aromatic heterocycles. The van der Waals surface area contributed by atoms with Crippen LogP contribution in [0.15, 0.2) is 0 Å². The smallest absolute Gasteiger partial charge is 0.232 e. The molecule has 0 aromatic rings. The molecule has 5 heteroatoms. The van der Waals surface area contributed by atoms with Crippen LogP contribution in [0.2, 0.25) is 0 Å². The van der Waals surface area contributed by atoms with Gasteiger partial charge in [-0.05, 0) is 12.8 Å². The van der Waals surface area contributed by atoms with Crippen molar-refractivity contribution in [1.82, 2.24) is 9.80 Å². The minimum atomic E-state index is 0.246. The van der Waals surface area contributed by atoms with Crippen molar-refractivity contribution in [3.05, 3.63) is 0 Å². The van der Waals surface area contributed by atoms with Crippen molar-refractivity contribution in [1.29, 1.82) is 0 Å². The highest BCUT2D eigenvalue weighted by Gasteiger charge is 2.21. The predicted octanol–water partition coefficient (Wildman–Crippen LogP) is 1.35. The van der Waals surface area contributed by atoms with Crippen LogP contribution >= 0.6 is 11.8 Å². The molecule has 2 rings (SSSR count). The van der Waals surface area contributed by atoms with E-state index in [2.05, 4.69) is 0 Å². The van der Waals surface area contributed by atoms with E-state index in [1.54, 1.807) is 4.90 Å². The van der Waals surface area contributed by atoms with Gasteiger partial charge in [-0.1, -0.05) is 19.3 Å². The van der Waals surface area contributed by atoms with Crippen molar-refractivity contribution >= 4 is 24.1 Å². The van der Waals surface area contributed by atoms with Gasteiger partial charge in [-0.15, -0.1) is 11.8 Å². The molecule has 0 radical (unpaired) electrons. The summed E-state index contributed by atoms with van der Waals surface area (Å²) in [5.41, 5.74) is 0. The van der Waals surface area contributed by atoms with Crippen LogP contribution in [0.25, 0.3) is 0 Å². The van der Waals surface area contributed by atoms with Crippen LogP contribution in [0.5, 0.6) is 0 Å². The highest BCUT2D eigenvalue weighted by molar-refractivity contribution is 8.00. The lowest BCUT2D eigenvalue weighted by Gasteiger charge is -2.33. The van der Waals surface area contributed by atoms with Crippen LogP contribution in [-0.2, 0) is 9.59 Å². The Morgan fingerprint density at radius 2 is 1.78 bits per heavy atom. The Hall–Kier alpha value is -0.710. The SMILES string of the molecule is O=CN1CCN(C(=O)CSC2CCCCC2)CC1. The van der Waals surface area contributed by atoms with Gasteiger partial charge in [0.1, 0.15) is 0 Å². The average Bonchev–Trinajstić information content (AvgIpc) is 2.46. The number of nitrogens with zero attached hydrogens (tertiary/aromatic N) is 2. The molecule has 1 heterocycles. The molecular formula is C13H22N2O2S. The second kappa shape index (κ2) is 7.02. The van der Waals surface area contributed by atoms with Crippen molar-refractivity contribution in [2.45, 2.75) is 37.4 Å². The van der Waals surface area contributed by atoms with E-state index in [-0.39, 0.29) is 5.91 Å². The van der Waals surface area contributed by atoms with E-state index >= 15 is 0 Å². The first-order chi connectivity index (χ1) is 8.79. The maximum Gasteiger partial charge on any atom is 0.232 e. The van der Waals surface area contributed by atoms with Crippen molar-refractivity contribution in [3.63, 3.8) is 0 Å². The summed E-state index contributed by atoms with van der Waals surface area (Å²) in [6, 6.07) is 0. The lowest BCUT2D eigenvalue weighted by atomic mass is 10.0. The number of piperazine rings is 1. The highest BCUT2D eigenvalue weighted by Crippen LogP contribution is 2.28. The number of carbonyl (C=O) groups excluding carboxylic acids is 2. The second-order valence-electron chi connectivity index (χ2n) is 5.09. The molecule has 0 aromatic carbocycles. The third kappa shape index (κ3) is 3.90. The van der Waals surface area contributed by atoms with E-state index in [1.165, 1.54) is 32.1 Å². The number of carbonyl (C=O) groups is 2. The van der Waals surface area contributed by atoms with Gasteiger partial charge in [-0.3, -0.25) is 9.59 Å². The van der Waals surface area contributed by atoms with Gasteiger partial charge in [0.2, 0.25) is 12.3 Å². The molecule has 1 saturated carbocycles. The molecule has 0 N–H and O–H groups in total. The van der Waals surface area contributed by atoms with Gasteiger partial charge in [0.15, 0.2) is 0 Å². The van der Waals surface area contributed by atoms with Crippen LogP contribution in [0, 0.1) is 0 Å². The van der Waals surface area contributed by atoms with Crippen molar-refractivity contribution in [2.75, 3.05) is 31.9 Å². The molecule has 2 aliphatic rings. The van der Waals surface area contributed by atoms with Crippen LogP contribution < -0.4 is 0 Å². The molecule has 2 amide bonds. The zero-order chi connectivity index (χ0) is 12.8. The predicted molar refractivity (Wildman–Crippen MR) is 73.5 cm³/mol. The van der Waals surface area contributed by atoms with Gasteiger partial charge in [0, 0.05) is 31.4 Å². The Kier molecular flexibility index (Phi) is 5.35. The summed E-state index contributed by atoms with van der Waals surface area (Å²) in [7, 11) is 0. The molecule has 0 bridgehead atoms. The standard InChI is InChI=1S/C13H22N2O2S/c16-11-14-6-8-15(9-7-14)13(17)10-18-12-4-2-1-3-5-12/h11-12H,1-10H2. The zero-order valence-electron chi connectivity index (χ0n) is 10.8. The summed E-state index contributed by atoms with van der Waals surface area (Å²) in [6.45, 7) is 2.76. The van der Waals surface area contributed by atoms with Crippen LogP contribution in [-0.4, -0.2) is 59.3 Å². The van der Waals surface area contributed by atoms with Gasteiger partial charge in [-0.25, -0.2) is 0 Å². The lowest BCUT2D eigenvalue weighted by Crippen LogP contribution is -2.48.